The van der Waals surface area contributed by atoms with Gasteiger partial charge in [0.05, 0.1) is 24.2 Å². The quantitative estimate of drug-likeness (QED) is 0.141. The van der Waals surface area contributed by atoms with Crippen LogP contribution in [0.2, 0.25) is 5.02 Å². The van der Waals surface area contributed by atoms with Gasteiger partial charge in [0, 0.05) is 66.6 Å². The first-order chi connectivity index (χ1) is 24.2. The summed E-state index contributed by atoms with van der Waals surface area (Å²) in [5.41, 5.74) is 5.28. The molecule has 0 radical (unpaired) electrons. The number of nitrogens with zero attached hydrogens (tertiary/aromatic N) is 4. The van der Waals surface area contributed by atoms with Gasteiger partial charge in [0.15, 0.2) is 0 Å². The molecule has 1 fully saturated rings. The SMILES string of the molecule is COCCn1c(CN2CCC(c3cccc(OCc4ccc(Cl)cc4F)n3)CC2)nc2cc(C(=O)NCc3ccc(NC(C)=O)cc3)ccc21. The number of rotatable bonds is 13. The summed E-state index contributed by atoms with van der Waals surface area (Å²) < 4.78 is 27.6. The third kappa shape index (κ3) is 8.84. The molecule has 1 saturated heterocycles. The van der Waals surface area contributed by atoms with Crippen molar-refractivity contribution in [2.75, 3.05) is 32.1 Å². The Kier molecular flexibility index (Phi) is 11.4. The summed E-state index contributed by atoms with van der Waals surface area (Å²) in [6.45, 7) is 5.51. The first-order valence-electron chi connectivity index (χ1n) is 16.6. The second kappa shape index (κ2) is 16.2. The summed E-state index contributed by atoms with van der Waals surface area (Å²) in [6, 6.07) is 23.3. The van der Waals surface area contributed by atoms with Crippen LogP contribution >= 0.6 is 11.6 Å². The number of carbonyl (C=O) groups excluding carboxylic acids is 2. The van der Waals surface area contributed by atoms with Crippen molar-refractivity contribution in [1.29, 1.82) is 0 Å². The number of hydrogen-bond donors (Lipinski definition) is 2. The van der Waals surface area contributed by atoms with Crippen LogP contribution in [0.25, 0.3) is 11.0 Å². The molecule has 1 aliphatic rings. The number of pyridine rings is 1. The molecule has 5 aromatic rings. The summed E-state index contributed by atoms with van der Waals surface area (Å²) in [5.74, 6) is 0.959. The number of hydrogen-bond acceptors (Lipinski definition) is 7. The largest absolute Gasteiger partial charge is 0.473 e. The van der Waals surface area contributed by atoms with E-state index in [9.17, 15) is 14.0 Å². The number of nitrogens with one attached hydrogen (secondary N) is 2. The molecular weight excluding hydrogens is 659 g/mol. The molecule has 0 atom stereocenters. The van der Waals surface area contributed by atoms with E-state index in [1.165, 1.54) is 13.0 Å². The maximum Gasteiger partial charge on any atom is 0.251 e. The molecule has 12 heteroatoms. The summed E-state index contributed by atoms with van der Waals surface area (Å²) in [6.07, 6.45) is 1.86. The monoisotopic (exact) mass is 698 g/mol. The molecule has 2 aromatic heterocycles. The van der Waals surface area contributed by atoms with Gasteiger partial charge in [0.1, 0.15) is 18.2 Å². The number of halogens is 2. The Morgan fingerprint density at radius 1 is 1.00 bits per heavy atom. The van der Waals surface area contributed by atoms with E-state index in [1.54, 1.807) is 25.3 Å². The van der Waals surface area contributed by atoms with Gasteiger partial charge in [-0.05, 0) is 80.0 Å². The highest BCUT2D eigenvalue weighted by molar-refractivity contribution is 6.30. The number of anilines is 1. The third-order valence-corrected chi connectivity index (χ3v) is 9.08. The lowest BCUT2D eigenvalue weighted by Gasteiger charge is -2.31. The van der Waals surface area contributed by atoms with Crippen LogP contribution in [-0.4, -0.2) is 58.1 Å². The average molecular weight is 699 g/mol. The standard InChI is InChI=1S/C38H40ClFN6O4/c1-25(47)42-31-11-6-26(7-12-31)22-41-38(48)28-9-13-35-34(20-28)43-36(46(35)18-19-49-2)23-45-16-14-27(15-17-45)33-4-3-5-37(44-33)50-24-29-8-10-30(39)21-32(29)40/h3-13,20-21,27H,14-19,22-24H2,1-2H3,(H,41,48)(H,42,47). The second-order valence-corrected chi connectivity index (χ2v) is 12.8. The smallest absolute Gasteiger partial charge is 0.251 e. The number of likely N-dealkylation sites (tertiary alicyclic amines) is 1. The van der Waals surface area contributed by atoms with E-state index in [4.69, 9.17) is 31.0 Å². The number of amides is 2. The lowest BCUT2D eigenvalue weighted by atomic mass is 9.93. The predicted octanol–water partition coefficient (Wildman–Crippen LogP) is 6.72. The zero-order valence-electron chi connectivity index (χ0n) is 28.1. The van der Waals surface area contributed by atoms with Crippen LogP contribution < -0.4 is 15.4 Å². The highest BCUT2D eigenvalue weighted by atomic mass is 35.5. The van der Waals surface area contributed by atoms with Crippen LogP contribution in [0.4, 0.5) is 10.1 Å². The first kappa shape index (κ1) is 35.0. The molecule has 0 unspecified atom stereocenters. The van der Waals surface area contributed by atoms with Gasteiger partial charge >= 0.3 is 0 Å². The van der Waals surface area contributed by atoms with Crippen LogP contribution in [0.1, 0.15) is 58.7 Å². The molecule has 3 aromatic carbocycles. The molecule has 3 heterocycles. The number of carbonyl (C=O) groups is 2. The van der Waals surface area contributed by atoms with E-state index in [1.807, 2.05) is 54.6 Å². The van der Waals surface area contributed by atoms with Crippen molar-refractivity contribution in [3.05, 3.63) is 118 Å². The molecule has 6 rings (SSSR count). The summed E-state index contributed by atoms with van der Waals surface area (Å²) in [4.78, 5) is 36.5. The minimum absolute atomic E-state index is 0.0741. The molecular formula is C38H40ClFN6O4. The molecule has 0 saturated carbocycles. The van der Waals surface area contributed by atoms with E-state index in [0.717, 1.165) is 54.0 Å². The van der Waals surface area contributed by atoms with Crippen LogP contribution in [0.15, 0.2) is 78.9 Å². The Bertz CT molecular complexity index is 1960. The van der Waals surface area contributed by atoms with E-state index in [2.05, 4.69) is 20.1 Å². The third-order valence-electron chi connectivity index (χ3n) is 8.84. The van der Waals surface area contributed by atoms with Gasteiger partial charge in [-0.15, -0.1) is 0 Å². The minimum atomic E-state index is -0.401. The van der Waals surface area contributed by atoms with Crippen molar-refractivity contribution in [1.82, 2.24) is 24.8 Å². The highest BCUT2D eigenvalue weighted by Gasteiger charge is 2.24. The van der Waals surface area contributed by atoms with Gasteiger partial charge in [0.2, 0.25) is 11.8 Å². The summed E-state index contributed by atoms with van der Waals surface area (Å²) in [5, 5.41) is 6.07. The molecule has 10 nitrogen and oxygen atoms in total. The second-order valence-electron chi connectivity index (χ2n) is 12.4. The fraction of sp³-hybridized carbons (Fsp3) is 0.316. The number of benzene rings is 3. The lowest BCUT2D eigenvalue weighted by molar-refractivity contribution is -0.114. The van der Waals surface area contributed by atoms with Crippen molar-refractivity contribution in [2.24, 2.45) is 0 Å². The number of methoxy groups -OCH3 is 1. The maximum absolute atomic E-state index is 14.2. The van der Waals surface area contributed by atoms with Gasteiger partial charge in [-0.3, -0.25) is 14.5 Å². The number of imidazole rings is 1. The predicted molar refractivity (Wildman–Crippen MR) is 191 cm³/mol. The number of piperidine rings is 1. The molecule has 50 heavy (non-hydrogen) atoms. The molecule has 260 valence electrons. The van der Waals surface area contributed by atoms with Gasteiger partial charge in [-0.2, -0.15) is 0 Å². The Balaban J connectivity index is 1.07. The fourth-order valence-electron chi connectivity index (χ4n) is 6.18. The Morgan fingerprint density at radius 2 is 1.80 bits per heavy atom. The van der Waals surface area contributed by atoms with Crippen molar-refractivity contribution in [3.8, 4) is 5.88 Å². The number of aromatic nitrogens is 3. The molecule has 0 aliphatic carbocycles. The Hall–Kier alpha value is -4.84. The molecule has 1 aliphatic heterocycles. The zero-order valence-corrected chi connectivity index (χ0v) is 28.9. The molecule has 0 spiro atoms. The van der Waals surface area contributed by atoms with Crippen LogP contribution in [0, 0.1) is 5.82 Å². The highest BCUT2D eigenvalue weighted by Crippen LogP contribution is 2.29. The number of ether oxygens (including phenoxy) is 2. The first-order valence-corrected chi connectivity index (χ1v) is 17.0. The van der Waals surface area contributed by atoms with Crippen LogP contribution in [-0.2, 0) is 35.8 Å². The molecule has 2 N–H and O–H groups in total. The van der Waals surface area contributed by atoms with Crippen molar-refractivity contribution < 1.29 is 23.5 Å². The summed E-state index contributed by atoms with van der Waals surface area (Å²) >= 11 is 5.87. The Morgan fingerprint density at radius 3 is 2.54 bits per heavy atom. The normalized spacial score (nSPS) is 13.8. The minimum Gasteiger partial charge on any atom is -0.473 e. The lowest BCUT2D eigenvalue weighted by Crippen LogP contribution is -2.33. The number of fused-ring (bicyclic) bond motifs is 1. The van der Waals surface area contributed by atoms with Crippen LogP contribution in [0.3, 0.4) is 0 Å². The molecule has 0 bridgehead atoms. The van der Waals surface area contributed by atoms with E-state index >= 15 is 0 Å². The topological polar surface area (TPSA) is 111 Å². The van der Waals surface area contributed by atoms with Gasteiger partial charge in [0.25, 0.3) is 5.91 Å². The average Bonchev–Trinajstić information content (AvgIpc) is 3.45. The van der Waals surface area contributed by atoms with Crippen molar-refractivity contribution >= 4 is 40.1 Å². The molecule has 2 amide bonds. The van der Waals surface area contributed by atoms with Crippen molar-refractivity contribution in [3.63, 3.8) is 0 Å². The van der Waals surface area contributed by atoms with E-state index in [-0.39, 0.29) is 24.3 Å². The van der Waals surface area contributed by atoms with E-state index < -0.39 is 5.82 Å². The maximum atomic E-state index is 14.2. The fourth-order valence-corrected chi connectivity index (χ4v) is 6.34. The van der Waals surface area contributed by atoms with E-state index in [0.29, 0.717) is 54.0 Å². The van der Waals surface area contributed by atoms with Gasteiger partial charge in [-0.25, -0.2) is 14.4 Å². The van der Waals surface area contributed by atoms with Crippen molar-refractivity contribution in [2.45, 2.75) is 51.9 Å². The van der Waals surface area contributed by atoms with Gasteiger partial charge < -0.3 is 24.7 Å². The van der Waals surface area contributed by atoms with Crippen LogP contribution in [0.5, 0.6) is 5.88 Å². The Labute approximate surface area is 295 Å². The zero-order chi connectivity index (χ0) is 35.0. The van der Waals surface area contributed by atoms with Gasteiger partial charge in [-0.1, -0.05) is 35.9 Å². The summed E-state index contributed by atoms with van der Waals surface area (Å²) in [7, 11) is 1.68.